The van der Waals surface area contributed by atoms with Crippen LogP contribution in [0.3, 0.4) is 0 Å². The molecule has 2 N–H and O–H groups in total. The monoisotopic (exact) mass is 395 g/mol. The third-order valence-corrected chi connectivity index (χ3v) is 5.88. The molecular weight excluding hydrogens is 366 g/mol. The minimum absolute atomic E-state index is 0.0927. The Morgan fingerprint density at radius 3 is 2.69 bits per heavy atom. The normalized spacial score (nSPS) is 18.8. The molecule has 1 unspecified atom stereocenters. The molecule has 1 atom stereocenters. The molecule has 2 aliphatic heterocycles. The number of rotatable bonds is 6. The molecule has 2 amide bonds. The van der Waals surface area contributed by atoms with E-state index in [-0.39, 0.29) is 6.03 Å². The Kier molecular flexibility index (Phi) is 6.02. The van der Waals surface area contributed by atoms with Gasteiger partial charge in [-0.1, -0.05) is 24.3 Å². The van der Waals surface area contributed by atoms with Gasteiger partial charge in [0.15, 0.2) is 0 Å². The fourth-order valence-corrected chi connectivity index (χ4v) is 4.03. The largest absolute Gasteiger partial charge is 0.493 e. The van der Waals surface area contributed by atoms with Crippen molar-refractivity contribution in [2.75, 3.05) is 38.6 Å². The van der Waals surface area contributed by atoms with Crippen molar-refractivity contribution in [2.24, 2.45) is 5.92 Å². The van der Waals surface area contributed by atoms with Gasteiger partial charge in [0, 0.05) is 25.8 Å². The molecule has 29 heavy (non-hydrogen) atoms. The number of β-amino-alcohol motifs (C(OH)–C–C–N with tert-alkyl or cyclic N) is 1. The summed E-state index contributed by atoms with van der Waals surface area (Å²) in [5.74, 6) is 1.49. The molecule has 1 fully saturated rings. The number of para-hydroxylation sites is 1. The zero-order chi connectivity index (χ0) is 20.2. The molecule has 0 aliphatic carbocycles. The number of aliphatic hydroxyl groups is 1. The SMILES string of the molecule is CN1Cc2cc(C(O)CN3CCC(COc4ccccc4)CC3)ccc2NC1=O. The highest BCUT2D eigenvalue weighted by molar-refractivity contribution is 5.92. The summed E-state index contributed by atoms with van der Waals surface area (Å²) in [5.41, 5.74) is 2.78. The number of amides is 2. The Labute approximate surface area is 172 Å². The number of likely N-dealkylation sites (tertiary alicyclic amines) is 1. The van der Waals surface area contributed by atoms with Gasteiger partial charge in [-0.3, -0.25) is 0 Å². The smallest absolute Gasteiger partial charge is 0.321 e. The van der Waals surface area contributed by atoms with Crippen molar-refractivity contribution in [1.82, 2.24) is 9.80 Å². The summed E-state index contributed by atoms with van der Waals surface area (Å²) in [4.78, 5) is 15.7. The number of carbonyl (C=O) groups excluding carboxylic acids is 1. The molecule has 6 nitrogen and oxygen atoms in total. The van der Waals surface area contributed by atoms with E-state index in [2.05, 4.69) is 10.2 Å². The van der Waals surface area contributed by atoms with E-state index >= 15 is 0 Å². The zero-order valence-corrected chi connectivity index (χ0v) is 16.9. The molecular formula is C23H29N3O3. The fourth-order valence-electron chi connectivity index (χ4n) is 4.03. The minimum atomic E-state index is -0.527. The topological polar surface area (TPSA) is 65.0 Å². The maximum Gasteiger partial charge on any atom is 0.321 e. The molecule has 0 spiro atoms. The van der Waals surface area contributed by atoms with E-state index in [1.54, 1.807) is 11.9 Å². The molecule has 2 aromatic rings. The van der Waals surface area contributed by atoms with Crippen LogP contribution in [-0.2, 0) is 6.54 Å². The molecule has 4 rings (SSSR count). The van der Waals surface area contributed by atoms with Crippen molar-refractivity contribution in [2.45, 2.75) is 25.5 Å². The Bertz CT molecular complexity index is 835. The van der Waals surface area contributed by atoms with Crippen LogP contribution in [0.5, 0.6) is 5.75 Å². The third kappa shape index (κ3) is 4.89. The summed E-state index contributed by atoms with van der Waals surface area (Å²) in [6.45, 7) is 3.90. The average Bonchev–Trinajstić information content (AvgIpc) is 2.74. The van der Waals surface area contributed by atoms with Gasteiger partial charge in [0.25, 0.3) is 0 Å². The van der Waals surface area contributed by atoms with Crippen molar-refractivity contribution < 1.29 is 14.6 Å². The Morgan fingerprint density at radius 2 is 1.93 bits per heavy atom. The first-order valence-electron chi connectivity index (χ1n) is 10.3. The summed E-state index contributed by atoms with van der Waals surface area (Å²) in [7, 11) is 1.77. The number of urea groups is 1. The molecule has 0 saturated carbocycles. The van der Waals surface area contributed by atoms with Crippen LogP contribution in [-0.4, -0.2) is 54.2 Å². The first-order chi connectivity index (χ1) is 14.1. The Morgan fingerprint density at radius 1 is 1.17 bits per heavy atom. The van der Waals surface area contributed by atoms with Gasteiger partial charge >= 0.3 is 6.03 Å². The van der Waals surface area contributed by atoms with Gasteiger partial charge in [0.05, 0.1) is 12.7 Å². The van der Waals surface area contributed by atoms with Gasteiger partial charge in [-0.2, -0.15) is 0 Å². The summed E-state index contributed by atoms with van der Waals surface area (Å²) in [5, 5.41) is 13.6. The summed E-state index contributed by atoms with van der Waals surface area (Å²) < 4.78 is 5.90. The molecule has 0 aromatic heterocycles. The lowest BCUT2D eigenvalue weighted by Gasteiger charge is -2.33. The first kappa shape index (κ1) is 19.7. The number of anilines is 1. The number of hydrogen-bond donors (Lipinski definition) is 2. The number of hydrogen-bond acceptors (Lipinski definition) is 4. The van der Waals surface area contributed by atoms with E-state index in [9.17, 15) is 9.90 Å². The number of benzene rings is 2. The minimum Gasteiger partial charge on any atom is -0.493 e. The fraction of sp³-hybridized carbons (Fsp3) is 0.435. The molecule has 1 saturated heterocycles. The highest BCUT2D eigenvalue weighted by Gasteiger charge is 2.24. The first-order valence-corrected chi connectivity index (χ1v) is 10.3. The number of nitrogens with one attached hydrogen (secondary N) is 1. The van der Waals surface area contributed by atoms with Crippen LogP contribution in [0.4, 0.5) is 10.5 Å². The van der Waals surface area contributed by atoms with E-state index in [1.165, 1.54) is 0 Å². The number of nitrogens with zero attached hydrogens (tertiary/aromatic N) is 2. The molecule has 2 heterocycles. The van der Waals surface area contributed by atoms with Crippen LogP contribution < -0.4 is 10.1 Å². The van der Waals surface area contributed by atoms with Gasteiger partial charge in [-0.25, -0.2) is 4.79 Å². The highest BCUT2D eigenvalue weighted by atomic mass is 16.5. The Balaban J connectivity index is 1.26. The van der Waals surface area contributed by atoms with Crippen LogP contribution in [0.1, 0.15) is 30.1 Å². The predicted molar refractivity (Wildman–Crippen MR) is 113 cm³/mol. The second-order valence-electron chi connectivity index (χ2n) is 8.09. The van der Waals surface area contributed by atoms with Gasteiger partial charge in [0.2, 0.25) is 0 Å². The van der Waals surface area contributed by atoms with E-state index in [4.69, 9.17) is 4.74 Å². The van der Waals surface area contributed by atoms with E-state index in [0.717, 1.165) is 55.1 Å². The molecule has 2 aromatic carbocycles. The summed E-state index contributed by atoms with van der Waals surface area (Å²) in [6, 6.07) is 15.7. The lowest BCUT2D eigenvalue weighted by molar-refractivity contribution is 0.0793. The highest BCUT2D eigenvalue weighted by Crippen LogP contribution is 2.27. The van der Waals surface area contributed by atoms with Crippen molar-refractivity contribution in [3.05, 3.63) is 59.7 Å². The number of carbonyl (C=O) groups is 1. The van der Waals surface area contributed by atoms with Crippen molar-refractivity contribution in [3.8, 4) is 5.75 Å². The summed E-state index contributed by atoms with van der Waals surface area (Å²) >= 11 is 0. The summed E-state index contributed by atoms with van der Waals surface area (Å²) in [6.07, 6.45) is 1.64. The lowest BCUT2D eigenvalue weighted by Crippen LogP contribution is -2.38. The molecule has 2 aliphatic rings. The molecule has 0 bridgehead atoms. The molecule has 6 heteroatoms. The number of fused-ring (bicyclic) bond motifs is 1. The van der Waals surface area contributed by atoms with E-state index in [1.807, 2.05) is 48.5 Å². The van der Waals surface area contributed by atoms with E-state index in [0.29, 0.717) is 19.0 Å². The standard InChI is InChI=1S/C23H29N3O3/c1-25-14-19-13-18(7-8-21(19)24-23(25)28)22(27)15-26-11-9-17(10-12-26)16-29-20-5-3-2-4-6-20/h2-8,13,17,22,27H,9-12,14-16H2,1H3,(H,24,28). The van der Waals surface area contributed by atoms with Crippen molar-refractivity contribution >= 4 is 11.7 Å². The third-order valence-electron chi connectivity index (χ3n) is 5.88. The Hall–Kier alpha value is -2.57. The van der Waals surface area contributed by atoms with Crippen LogP contribution in [0.2, 0.25) is 0 Å². The number of aliphatic hydroxyl groups excluding tert-OH is 1. The number of piperidine rings is 1. The van der Waals surface area contributed by atoms with Gasteiger partial charge in [-0.15, -0.1) is 0 Å². The van der Waals surface area contributed by atoms with Crippen molar-refractivity contribution in [1.29, 1.82) is 0 Å². The maximum atomic E-state index is 11.7. The van der Waals surface area contributed by atoms with Crippen LogP contribution >= 0.6 is 0 Å². The maximum absolute atomic E-state index is 11.7. The van der Waals surface area contributed by atoms with Gasteiger partial charge in [0.1, 0.15) is 5.75 Å². The van der Waals surface area contributed by atoms with Crippen molar-refractivity contribution in [3.63, 3.8) is 0 Å². The van der Waals surface area contributed by atoms with Gasteiger partial charge < -0.3 is 25.0 Å². The van der Waals surface area contributed by atoms with Gasteiger partial charge in [-0.05, 0) is 67.2 Å². The second kappa shape index (κ2) is 8.84. The van der Waals surface area contributed by atoms with Crippen LogP contribution in [0.15, 0.2) is 48.5 Å². The van der Waals surface area contributed by atoms with Crippen LogP contribution in [0, 0.1) is 5.92 Å². The van der Waals surface area contributed by atoms with E-state index < -0.39 is 6.10 Å². The van der Waals surface area contributed by atoms with Crippen LogP contribution in [0.25, 0.3) is 0 Å². The quantitative estimate of drug-likeness (QED) is 0.786. The zero-order valence-electron chi connectivity index (χ0n) is 16.9. The molecule has 0 radical (unpaired) electrons. The predicted octanol–water partition coefficient (Wildman–Crippen LogP) is 3.49. The molecule has 154 valence electrons. The second-order valence-corrected chi connectivity index (χ2v) is 8.09. The average molecular weight is 396 g/mol. The number of ether oxygens (including phenoxy) is 1. The lowest BCUT2D eigenvalue weighted by atomic mass is 9.96.